The predicted octanol–water partition coefficient (Wildman–Crippen LogP) is 4.23. The van der Waals surface area contributed by atoms with E-state index in [1.54, 1.807) is 24.3 Å². The zero-order valence-electron chi connectivity index (χ0n) is 15.3. The van der Waals surface area contributed by atoms with E-state index in [1.165, 1.54) is 4.90 Å². The Labute approximate surface area is 153 Å². The van der Waals surface area contributed by atoms with Gasteiger partial charge in [-0.2, -0.15) is 0 Å². The molecule has 5 nitrogen and oxygen atoms in total. The third kappa shape index (κ3) is 3.05. The van der Waals surface area contributed by atoms with Gasteiger partial charge in [-0.3, -0.25) is 14.5 Å². The van der Waals surface area contributed by atoms with Crippen molar-refractivity contribution in [2.45, 2.75) is 33.2 Å². The number of benzene rings is 2. The minimum Gasteiger partial charge on any atom is -0.490 e. The number of amides is 2. The molecule has 1 aliphatic heterocycles. The summed E-state index contributed by atoms with van der Waals surface area (Å²) < 4.78 is 11.3. The average molecular weight is 353 g/mol. The Morgan fingerprint density at radius 2 is 1.42 bits per heavy atom. The molecule has 0 saturated carbocycles. The summed E-state index contributed by atoms with van der Waals surface area (Å²) in [5.41, 5.74) is 1.78. The summed E-state index contributed by atoms with van der Waals surface area (Å²) in [6.07, 6.45) is 0.616. The number of rotatable bonds is 7. The van der Waals surface area contributed by atoms with Crippen LogP contribution in [0, 0.1) is 0 Å². The molecule has 2 amide bonds. The van der Waals surface area contributed by atoms with Gasteiger partial charge in [-0.25, -0.2) is 0 Å². The maximum Gasteiger partial charge on any atom is 0.262 e. The molecule has 0 aromatic heterocycles. The third-order valence-corrected chi connectivity index (χ3v) is 4.48. The highest BCUT2D eigenvalue weighted by Crippen LogP contribution is 2.37. The molecule has 0 N–H and O–H groups in total. The summed E-state index contributed by atoms with van der Waals surface area (Å²) in [7, 11) is 0. The highest BCUT2D eigenvalue weighted by molar-refractivity contribution is 6.21. The molecule has 2 aromatic rings. The van der Waals surface area contributed by atoms with Gasteiger partial charge in [-0.1, -0.05) is 25.1 Å². The van der Waals surface area contributed by atoms with Crippen molar-refractivity contribution in [1.29, 1.82) is 0 Å². The second kappa shape index (κ2) is 7.60. The van der Waals surface area contributed by atoms with Crippen LogP contribution in [-0.4, -0.2) is 29.9 Å². The molecule has 0 fully saturated rings. The zero-order chi connectivity index (χ0) is 18.7. The van der Waals surface area contributed by atoms with Gasteiger partial charge in [0.25, 0.3) is 11.8 Å². The van der Waals surface area contributed by atoms with Gasteiger partial charge in [0.15, 0.2) is 11.5 Å². The second-order valence-corrected chi connectivity index (χ2v) is 6.02. The fourth-order valence-corrected chi connectivity index (χ4v) is 3.33. The van der Waals surface area contributed by atoms with Crippen LogP contribution in [0.5, 0.6) is 11.5 Å². The van der Waals surface area contributed by atoms with Gasteiger partial charge >= 0.3 is 0 Å². The molecule has 1 heterocycles. The molecule has 0 saturated heterocycles. The number of carbonyl (C=O) groups excluding carboxylic acids is 2. The number of imide groups is 1. The maximum atomic E-state index is 12.8. The van der Waals surface area contributed by atoms with E-state index in [-0.39, 0.29) is 17.9 Å². The van der Waals surface area contributed by atoms with E-state index in [2.05, 4.69) is 0 Å². The molecule has 26 heavy (non-hydrogen) atoms. The van der Waals surface area contributed by atoms with Crippen LogP contribution >= 0.6 is 0 Å². The van der Waals surface area contributed by atoms with Crippen LogP contribution in [-0.2, 0) is 0 Å². The molecule has 2 aromatic carbocycles. The normalized spacial score (nSPS) is 14.3. The Morgan fingerprint density at radius 3 is 1.96 bits per heavy atom. The lowest BCUT2D eigenvalue weighted by molar-refractivity contribution is 0.0577. The molecule has 0 unspecified atom stereocenters. The number of carbonyl (C=O) groups is 2. The van der Waals surface area contributed by atoms with Gasteiger partial charge in [0.1, 0.15) is 0 Å². The lowest BCUT2D eigenvalue weighted by atomic mass is 10.0. The van der Waals surface area contributed by atoms with E-state index < -0.39 is 0 Å². The van der Waals surface area contributed by atoms with Crippen molar-refractivity contribution in [2.24, 2.45) is 0 Å². The Morgan fingerprint density at radius 1 is 0.846 bits per heavy atom. The summed E-state index contributed by atoms with van der Waals surface area (Å²) in [4.78, 5) is 27.0. The van der Waals surface area contributed by atoms with Crippen molar-refractivity contribution >= 4 is 11.8 Å². The zero-order valence-corrected chi connectivity index (χ0v) is 15.3. The van der Waals surface area contributed by atoms with Crippen molar-refractivity contribution in [3.05, 3.63) is 59.2 Å². The lowest BCUT2D eigenvalue weighted by Crippen LogP contribution is -2.33. The fourth-order valence-electron chi connectivity index (χ4n) is 3.33. The highest BCUT2D eigenvalue weighted by Gasteiger charge is 2.39. The first-order valence-electron chi connectivity index (χ1n) is 8.98. The first-order valence-corrected chi connectivity index (χ1v) is 8.98. The standard InChI is InChI=1S/C21H23NO4/c1-4-17(14-11-12-18(25-5-2)19(13-14)26-6-3)22-20(23)15-9-7-8-10-16(15)21(22)24/h7-13,17H,4-6H2,1-3H3/t17-/m1/s1. The van der Waals surface area contributed by atoms with Crippen LogP contribution in [0.4, 0.5) is 0 Å². The molecule has 0 bridgehead atoms. The van der Waals surface area contributed by atoms with Crippen molar-refractivity contribution < 1.29 is 19.1 Å². The molecule has 5 heteroatoms. The molecular formula is C21H23NO4. The van der Waals surface area contributed by atoms with E-state index in [0.29, 0.717) is 42.3 Å². The lowest BCUT2D eigenvalue weighted by Gasteiger charge is -2.26. The van der Waals surface area contributed by atoms with E-state index >= 15 is 0 Å². The fraction of sp³-hybridized carbons (Fsp3) is 0.333. The number of hydrogen-bond acceptors (Lipinski definition) is 4. The summed E-state index contributed by atoms with van der Waals surface area (Å²) >= 11 is 0. The quantitative estimate of drug-likeness (QED) is 0.699. The van der Waals surface area contributed by atoms with Gasteiger partial charge in [0, 0.05) is 0 Å². The van der Waals surface area contributed by atoms with Crippen molar-refractivity contribution in [3.8, 4) is 11.5 Å². The molecule has 136 valence electrons. The Balaban J connectivity index is 1.98. The number of ether oxygens (including phenoxy) is 2. The SMILES string of the molecule is CCOc1ccc([C@@H](CC)N2C(=O)c3ccccc3C2=O)cc1OCC. The van der Waals surface area contributed by atoms with Gasteiger partial charge in [-0.15, -0.1) is 0 Å². The second-order valence-electron chi connectivity index (χ2n) is 6.02. The first-order chi connectivity index (χ1) is 12.6. The molecule has 0 aliphatic carbocycles. The van der Waals surface area contributed by atoms with Crippen LogP contribution in [0.3, 0.4) is 0 Å². The summed E-state index contributed by atoms with van der Waals surface area (Å²) in [6, 6.07) is 12.2. The van der Waals surface area contributed by atoms with Crippen LogP contribution in [0.1, 0.15) is 59.5 Å². The summed E-state index contributed by atoms with van der Waals surface area (Å²) in [6.45, 7) is 6.83. The van der Waals surface area contributed by atoms with Crippen LogP contribution in [0.25, 0.3) is 0 Å². The molecule has 3 rings (SSSR count). The van der Waals surface area contributed by atoms with Gasteiger partial charge in [0.2, 0.25) is 0 Å². The average Bonchev–Trinajstić information content (AvgIpc) is 2.90. The minimum atomic E-state index is -0.350. The summed E-state index contributed by atoms with van der Waals surface area (Å²) in [5, 5.41) is 0. The molecule has 0 spiro atoms. The third-order valence-electron chi connectivity index (χ3n) is 4.48. The number of hydrogen-bond donors (Lipinski definition) is 0. The maximum absolute atomic E-state index is 12.8. The Hall–Kier alpha value is -2.82. The largest absolute Gasteiger partial charge is 0.490 e. The van der Waals surface area contributed by atoms with Crippen LogP contribution in [0.15, 0.2) is 42.5 Å². The van der Waals surface area contributed by atoms with Gasteiger partial charge in [-0.05, 0) is 50.1 Å². The molecular weight excluding hydrogens is 330 g/mol. The van der Waals surface area contributed by atoms with E-state index in [4.69, 9.17) is 9.47 Å². The van der Waals surface area contributed by atoms with Crippen molar-refractivity contribution in [3.63, 3.8) is 0 Å². The predicted molar refractivity (Wildman–Crippen MR) is 98.8 cm³/mol. The smallest absolute Gasteiger partial charge is 0.262 e. The Bertz CT molecular complexity index is 796. The van der Waals surface area contributed by atoms with Gasteiger partial charge < -0.3 is 9.47 Å². The first kappa shape index (κ1) is 18.0. The number of fused-ring (bicyclic) bond motifs is 1. The monoisotopic (exact) mass is 353 g/mol. The van der Waals surface area contributed by atoms with Crippen molar-refractivity contribution in [1.82, 2.24) is 4.90 Å². The van der Waals surface area contributed by atoms with E-state index in [1.807, 2.05) is 39.0 Å². The number of nitrogens with zero attached hydrogens (tertiary/aromatic N) is 1. The summed E-state index contributed by atoms with van der Waals surface area (Å²) in [5.74, 6) is 0.797. The van der Waals surface area contributed by atoms with Crippen LogP contribution < -0.4 is 9.47 Å². The van der Waals surface area contributed by atoms with Crippen LogP contribution in [0.2, 0.25) is 0 Å². The molecule has 1 atom stereocenters. The van der Waals surface area contributed by atoms with E-state index in [9.17, 15) is 9.59 Å². The Kier molecular flexibility index (Phi) is 5.26. The minimum absolute atomic E-state index is 0.246. The molecule has 0 radical (unpaired) electrons. The van der Waals surface area contributed by atoms with Crippen molar-refractivity contribution in [2.75, 3.05) is 13.2 Å². The topological polar surface area (TPSA) is 55.8 Å². The van der Waals surface area contributed by atoms with E-state index in [0.717, 1.165) is 5.56 Å². The molecule has 1 aliphatic rings. The van der Waals surface area contributed by atoms with Gasteiger partial charge in [0.05, 0.1) is 30.4 Å². The highest BCUT2D eigenvalue weighted by atomic mass is 16.5.